The van der Waals surface area contributed by atoms with Gasteiger partial charge in [-0.25, -0.2) is 4.79 Å². The summed E-state index contributed by atoms with van der Waals surface area (Å²) >= 11 is 3.31. The molecule has 0 amide bonds. The molecule has 4 nitrogen and oxygen atoms in total. The number of rotatable bonds is 2. The highest BCUT2D eigenvalue weighted by atomic mass is 79.9. The molecule has 1 heterocycles. The molecule has 0 spiro atoms. The standard InChI is InChI=1S/C10H8BrNO3/c1-2-14-10(13)8-6-4-3-5-7(11)9(6)15-12-8/h3-5H,2H2,1H3. The Morgan fingerprint density at radius 1 is 1.60 bits per heavy atom. The molecule has 0 unspecified atom stereocenters. The van der Waals surface area contributed by atoms with Crippen molar-refractivity contribution in [3.63, 3.8) is 0 Å². The van der Waals surface area contributed by atoms with Crippen molar-refractivity contribution in [2.24, 2.45) is 0 Å². The molecule has 0 aliphatic heterocycles. The zero-order valence-electron chi connectivity index (χ0n) is 7.99. The molecule has 0 radical (unpaired) electrons. The van der Waals surface area contributed by atoms with Gasteiger partial charge in [-0.15, -0.1) is 0 Å². The van der Waals surface area contributed by atoms with Crippen molar-refractivity contribution in [1.29, 1.82) is 0 Å². The van der Waals surface area contributed by atoms with Crippen LogP contribution in [-0.2, 0) is 4.74 Å². The fraction of sp³-hybridized carbons (Fsp3) is 0.200. The van der Waals surface area contributed by atoms with Gasteiger partial charge >= 0.3 is 5.97 Å². The van der Waals surface area contributed by atoms with E-state index in [0.717, 1.165) is 4.47 Å². The molecule has 2 rings (SSSR count). The van der Waals surface area contributed by atoms with Gasteiger partial charge in [-0.1, -0.05) is 11.2 Å². The SMILES string of the molecule is CCOC(=O)c1noc2c(Br)cccc12. The smallest absolute Gasteiger partial charge is 0.361 e. The number of aromatic nitrogens is 1. The Balaban J connectivity index is 2.54. The lowest BCUT2D eigenvalue weighted by atomic mass is 10.2. The summed E-state index contributed by atoms with van der Waals surface area (Å²) in [6.45, 7) is 2.07. The molecule has 0 atom stereocenters. The van der Waals surface area contributed by atoms with Crippen LogP contribution < -0.4 is 0 Å². The first-order valence-corrected chi connectivity index (χ1v) is 5.24. The van der Waals surface area contributed by atoms with Crippen molar-refractivity contribution < 1.29 is 14.1 Å². The van der Waals surface area contributed by atoms with Gasteiger partial charge in [0.05, 0.1) is 16.5 Å². The summed E-state index contributed by atoms with van der Waals surface area (Å²) in [4.78, 5) is 11.5. The molecule has 0 saturated carbocycles. The molecule has 1 aromatic heterocycles. The van der Waals surface area contributed by atoms with Crippen LogP contribution in [0.2, 0.25) is 0 Å². The summed E-state index contributed by atoms with van der Waals surface area (Å²) in [6, 6.07) is 5.40. The number of halogens is 1. The molecule has 0 aliphatic rings. The molecule has 0 saturated heterocycles. The maximum absolute atomic E-state index is 11.5. The number of ether oxygens (including phenoxy) is 1. The molecule has 0 bridgehead atoms. The Hall–Kier alpha value is -1.36. The van der Waals surface area contributed by atoms with Gasteiger partial charge < -0.3 is 9.26 Å². The van der Waals surface area contributed by atoms with E-state index in [1.165, 1.54) is 0 Å². The summed E-state index contributed by atoms with van der Waals surface area (Å²) in [7, 11) is 0. The van der Waals surface area contributed by atoms with E-state index in [9.17, 15) is 4.79 Å². The molecule has 78 valence electrons. The first-order valence-electron chi connectivity index (χ1n) is 4.45. The number of fused-ring (bicyclic) bond motifs is 1. The number of hydrogen-bond donors (Lipinski definition) is 0. The number of esters is 1. The minimum Gasteiger partial charge on any atom is -0.461 e. The van der Waals surface area contributed by atoms with Gasteiger partial charge in [0.15, 0.2) is 11.3 Å². The van der Waals surface area contributed by atoms with Crippen molar-refractivity contribution in [2.75, 3.05) is 6.61 Å². The van der Waals surface area contributed by atoms with Crippen molar-refractivity contribution in [2.45, 2.75) is 6.92 Å². The zero-order valence-corrected chi connectivity index (χ0v) is 9.58. The molecule has 15 heavy (non-hydrogen) atoms. The van der Waals surface area contributed by atoms with Crippen LogP contribution in [0.3, 0.4) is 0 Å². The number of hydrogen-bond acceptors (Lipinski definition) is 4. The maximum Gasteiger partial charge on any atom is 0.361 e. The number of carbonyl (C=O) groups is 1. The van der Waals surface area contributed by atoms with Crippen LogP contribution >= 0.6 is 15.9 Å². The Morgan fingerprint density at radius 3 is 3.13 bits per heavy atom. The lowest BCUT2D eigenvalue weighted by Crippen LogP contribution is -2.05. The van der Waals surface area contributed by atoms with Gasteiger partial charge in [-0.05, 0) is 35.0 Å². The van der Waals surface area contributed by atoms with E-state index < -0.39 is 5.97 Å². The Morgan fingerprint density at radius 2 is 2.40 bits per heavy atom. The summed E-state index contributed by atoms with van der Waals surface area (Å²) in [6.07, 6.45) is 0. The molecule has 0 N–H and O–H groups in total. The molecule has 1 aromatic carbocycles. The van der Waals surface area contributed by atoms with E-state index in [2.05, 4.69) is 21.1 Å². The van der Waals surface area contributed by atoms with Crippen molar-refractivity contribution >= 4 is 32.9 Å². The maximum atomic E-state index is 11.5. The summed E-state index contributed by atoms with van der Waals surface area (Å²) in [5.41, 5.74) is 0.772. The summed E-state index contributed by atoms with van der Waals surface area (Å²) < 4.78 is 10.7. The molecule has 0 aliphatic carbocycles. The van der Waals surface area contributed by atoms with Gasteiger partial charge in [-0.3, -0.25) is 0 Å². The highest BCUT2D eigenvalue weighted by molar-refractivity contribution is 9.10. The highest BCUT2D eigenvalue weighted by Gasteiger charge is 2.17. The lowest BCUT2D eigenvalue weighted by molar-refractivity contribution is 0.0517. The van der Waals surface area contributed by atoms with Crippen LogP contribution in [0.4, 0.5) is 0 Å². The monoisotopic (exact) mass is 269 g/mol. The fourth-order valence-corrected chi connectivity index (χ4v) is 1.71. The van der Waals surface area contributed by atoms with E-state index in [4.69, 9.17) is 9.26 Å². The van der Waals surface area contributed by atoms with Gasteiger partial charge in [-0.2, -0.15) is 0 Å². The van der Waals surface area contributed by atoms with E-state index in [1.54, 1.807) is 13.0 Å². The second-order valence-electron chi connectivity index (χ2n) is 2.87. The molecular formula is C10H8BrNO3. The van der Waals surface area contributed by atoms with E-state index in [-0.39, 0.29) is 5.69 Å². The van der Waals surface area contributed by atoms with Crippen LogP contribution in [0.1, 0.15) is 17.4 Å². The Bertz CT molecular complexity index is 506. The summed E-state index contributed by atoms with van der Waals surface area (Å²) in [5, 5.41) is 4.35. The minimum atomic E-state index is -0.464. The Labute approximate surface area is 94.3 Å². The predicted molar refractivity (Wildman–Crippen MR) is 57.7 cm³/mol. The van der Waals surface area contributed by atoms with Crippen molar-refractivity contribution in [3.05, 3.63) is 28.4 Å². The number of para-hydroxylation sites is 1. The second-order valence-corrected chi connectivity index (χ2v) is 3.72. The minimum absolute atomic E-state index is 0.216. The number of carbonyl (C=O) groups excluding carboxylic acids is 1. The second kappa shape index (κ2) is 4.02. The topological polar surface area (TPSA) is 52.3 Å². The van der Waals surface area contributed by atoms with Gasteiger partial charge in [0.2, 0.25) is 0 Å². The third-order valence-electron chi connectivity index (χ3n) is 1.92. The average Bonchev–Trinajstić information content (AvgIpc) is 2.63. The van der Waals surface area contributed by atoms with Crippen LogP contribution in [0.15, 0.2) is 27.2 Å². The van der Waals surface area contributed by atoms with Crippen LogP contribution in [0.5, 0.6) is 0 Å². The Kier molecular flexibility index (Phi) is 2.73. The predicted octanol–water partition coefficient (Wildman–Crippen LogP) is 2.77. The molecule has 0 fully saturated rings. The lowest BCUT2D eigenvalue weighted by Gasteiger charge is -1.96. The highest BCUT2D eigenvalue weighted by Crippen LogP contribution is 2.26. The van der Waals surface area contributed by atoms with E-state index >= 15 is 0 Å². The van der Waals surface area contributed by atoms with Gasteiger partial charge in [0.25, 0.3) is 0 Å². The quantitative estimate of drug-likeness (QED) is 0.787. The summed E-state index contributed by atoms with van der Waals surface area (Å²) in [5.74, 6) is -0.464. The average molecular weight is 270 g/mol. The molecular weight excluding hydrogens is 262 g/mol. The number of nitrogens with zero attached hydrogens (tertiary/aromatic N) is 1. The van der Waals surface area contributed by atoms with E-state index in [1.807, 2.05) is 12.1 Å². The third-order valence-corrected chi connectivity index (χ3v) is 2.54. The van der Waals surface area contributed by atoms with Gasteiger partial charge in [0.1, 0.15) is 0 Å². The van der Waals surface area contributed by atoms with Gasteiger partial charge in [0, 0.05) is 0 Å². The molecule has 2 aromatic rings. The first-order chi connectivity index (χ1) is 7.24. The molecule has 5 heteroatoms. The van der Waals surface area contributed by atoms with Crippen LogP contribution in [-0.4, -0.2) is 17.7 Å². The van der Waals surface area contributed by atoms with Crippen molar-refractivity contribution in [3.8, 4) is 0 Å². The zero-order chi connectivity index (χ0) is 10.8. The van der Waals surface area contributed by atoms with Crippen molar-refractivity contribution in [1.82, 2.24) is 5.16 Å². The fourth-order valence-electron chi connectivity index (χ4n) is 1.28. The first kappa shape index (κ1) is 10.2. The number of benzene rings is 1. The van der Waals surface area contributed by atoms with Crippen LogP contribution in [0, 0.1) is 0 Å². The van der Waals surface area contributed by atoms with Crippen LogP contribution in [0.25, 0.3) is 11.0 Å². The van der Waals surface area contributed by atoms with E-state index in [0.29, 0.717) is 17.6 Å². The normalized spacial score (nSPS) is 10.5. The largest absolute Gasteiger partial charge is 0.461 e. The third kappa shape index (κ3) is 1.74.